The average Bonchev–Trinajstić information content (AvgIpc) is 2.40. The zero-order valence-electron chi connectivity index (χ0n) is 9.46. The fourth-order valence-electron chi connectivity index (χ4n) is 1.72. The Hall–Kier alpha value is -1.53. The van der Waals surface area contributed by atoms with Crippen LogP contribution in [0, 0.1) is 0 Å². The number of benzene rings is 1. The summed E-state index contributed by atoms with van der Waals surface area (Å²) in [6, 6.07) is 6.74. The summed E-state index contributed by atoms with van der Waals surface area (Å²) in [4.78, 5) is 13.8. The molecule has 0 saturated carbocycles. The smallest absolute Gasteiger partial charge is 0.504 e. The number of carbonyl (C=O) groups is 1. The Morgan fingerprint density at radius 2 is 1.94 bits per heavy atom. The molecule has 17 heavy (non-hydrogen) atoms. The number of hydrogen-bond acceptors (Lipinski definition) is 4. The van der Waals surface area contributed by atoms with Crippen molar-refractivity contribution in [3.8, 4) is 5.75 Å². The maximum absolute atomic E-state index is 12.0. The predicted molar refractivity (Wildman–Crippen MR) is 63.2 cm³/mol. The molecule has 0 aromatic heterocycles. The Balaban J connectivity index is 2.03. The molecule has 1 aliphatic rings. The van der Waals surface area contributed by atoms with E-state index in [-0.39, 0.29) is 13.6 Å². The highest BCUT2D eigenvalue weighted by Crippen LogP contribution is 2.13. The van der Waals surface area contributed by atoms with Crippen molar-refractivity contribution in [2.75, 3.05) is 26.3 Å². The molecule has 0 aliphatic carbocycles. The first-order valence-electron chi connectivity index (χ1n) is 5.52. The molecular weight excluding hydrogens is 221 g/mol. The highest BCUT2D eigenvalue weighted by atomic mass is 16.5. The highest BCUT2D eigenvalue weighted by molar-refractivity contribution is 6.17. The third-order valence-corrected chi connectivity index (χ3v) is 2.63. The van der Waals surface area contributed by atoms with Crippen LogP contribution in [0.5, 0.6) is 5.75 Å². The van der Waals surface area contributed by atoms with E-state index >= 15 is 0 Å². The Morgan fingerprint density at radius 1 is 1.29 bits per heavy atom. The number of morpholine rings is 1. The van der Waals surface area contributed by atoms with E-state index in [2.05, 4.69) is 0 Å². The molecule has 0 unspecified atom stereocenters. The summed E-state index contributed by atoms with van der Waals surface area (Å²) >= 11 is 0. The Morgan fingerprint density at radius 3 is 2.53 bits per heavy atom. The van der Waals surface area contributed by atoms with Gasteiger partial charge >= 0.3 is 7.69 Å². The van der Waals surface area contributed by atoms with Gasteiger partial charge in [0.2, 0.25) is 0 Å². The number of hydrogen-bond donors (Lipinski definition) is 1. The van der Waals surface area contributed by atoms with E-state index in [1.807, 2.05) is 0 Å². The molecule has 2 rings (SSSR count). The number of carbonyl (C=O) groups excluding carboxylic acids is 1. The van der Waals surface area contributed by atoms with E-state index in [0.717, 1.165) is 0 Å². The van der Waals surface area contributed by atoms with Gasteiger partial charge in [0.15, 0.2) is 0 Å². The van der Waals surface area contributed by atoms with E-state index in [1.54, 1.807) is 29.2 Å². The summed E-state index contributed by atoms with van der Waals surface area (Å²) < 4.78 is 10.1. The lowest BCUT2D eigenvalue weighted by molar-refractivity contribution is 0.0303. The van der Waals surface area contributed by atoms with Crippen molar-refractivity contribution in [3.63, 3.8) is 0 Å². The van der Waals surface area contributed by atoms with Crippen LogP contribution in [0.1, 0.15) is 10.4 Å². The zero-order valence-corrected chi connectivity index (χ0v) is 9.46. The van der Waals surface area contributed by atoms with Gasteiger partial charge < -0.3 is 19.3 Å². The SMILES string of the molecule is O=C(c1ccc(OBO)cc1)N1CCOCC1. The third-order valence-electron chi connectivity index (χ3n) is 2.63. The van der Waals surface area contributed by atoms with Gasteiger partial charge in [-0.3, -0.25) is 4.79 Å². The van der Waals surface area contributed by atoms with E-state index in [9.17, 15) is 4.79 Å². The minimum atomic E-state index is -0.364. The van der Waals surface area contributed by atoms with Crippen LogP contribution in [0.25, 0.3) is 0 Å². The largest absolute Gasteiger partial charge is 0.539 e. The molecule has 1 aromatic rings. The van der Waals surface area contributed by atoms with Gasteiger partial charge in [-0.15, -0.1) is 0 Å². The van der Waals surface area contributed by atoms with Gasteiger partial charge in [0, 0.05) is 18.7 Å². The molecular formula is C11H14BNO4. The molecule has 1 aliphatic heterocycles. The predicted octanol–water partition coefficient (Wildman–Crippen LogP) is -0.203. The molecule has 90 valence electrons. The minimum absolute atomic E-state index is 0.00356. The van der Waals surface area contributed by atoms with Crippen LogP contribution < -0.4 is 4.65 Å². The number of rotatable bonds is 3. The van der Waals surface area contributed by atoms with Crippen LogP contribution >= 0.6 is 0 Å². The Bertz CT molecular complexity index is 376. The molecule has 6 heteroatoms. The molecule has 1 aromatic carbocycles. The molecule has 1 amide bonds. The summed E-state index contributed by atoms with van der Waals surface area (Å²) in [6.07, 6.45) is 0. The summed E-state index contributed by atoms with van der Waals surface area (Å²) in [6.45, 7) is 2.45. The van der Waals surface area contributed by atoms with Crippen molar-refractivity contribution in [2.45, 2.75) is 0 Å². The molecule has 1 heterocycles. The van der Waals surface area contributed by atoms with Crippen molar-refractivity contribution >= 4 is 13.6 Å². The first kappa shape index (κ1) is 11.9. The van der Waals surface area contributed by atoms with Gasteiger partial charge in [-0.25, -0.2) is 0 Å². The number of ether oxygens (including phenoxy) is 1. The summed E-state index contributed by atoms with van der Waals surface area (Å²) in [5.74, 6) is 0.551. The molecule has 0 radical (unpaired) electrons. The summed E-state index contributed by atoms with van der Waals surface area (Å²) in [5.41, 5.74) is 0.622. The van der Waals surface area contributed by atoms with Crippen molar-refractivity contribution in [1.82, 2.24) is 4.90 Å². The molecule has 0 atom stereocenters. The molecule has 5 nitrogen and oxygen atoms in total. The molecule has 0 spiro atoms. The van der Waals surface area contributed by atoms with Gasteiger partial charge in [0.1, 0.15) is 5.75 Å². The quantitative estimate of drug-likeness (QED) is 0.737. The maximum Gasteiger partial charge on any atom is 0.504 e. The summed E-state index contributed by atoms with van der Waals surface area (Å²) in [5, 5.41) is 8.59. The second kappa shape index (κ2) is 5.70. The van der Waals surface area contributed by atoms with Gasteiger partial charge in [-0.1, -0.05) is 0 Å². The van der Waals surface area contributed by atoms with Gasteiger partial charge in [0.25, 0.3) is 5.91 Å². The van der Waals surface area contributed by atoms with E-state index in [0.29, 0.717) is 37.6 Å². The van der Waals surface area contributed by atoms with Gasteiger partial charge in [-0.05, 0) is 24.3 Å². The van der Waals surface area contributed by atoms with Crippen LogP contribution in [0.4, 0.5) is 0 Å². The van der Waals surface area contributed by atoms with Crippen LogP contribution in [0.2, 0.25) is 0 Å². The van der Waals surface area contributed by atoms with Crippen molar-refractivity contribution in [1.29, 1.82) is 0 Å². The summed E-state index contributed by atoms with van der Waals surface area (Å²) in [7, 11) is -0.364. The maximum atomic E-state index is 12.0. The van der Waals surface area contributed by atoms with Crippen molar-refractivity contribution < 1.29 is 19.2 Å². The minimum Gasteiger partial charge on any atom is -0.539 e. The van der Waals surface area contributed by atoms with Crippen molar-refractivity contribution in [2.24, 2.45) is 0 Å². The molecule has 0 bridgehead atoms. The lowest BCUT2D eigenvalue weighted by Gasteiger charge is -2.26. The average molecular weight is 235 g/mol. The lowest BCUT2D eigenvalue weighted by atomic mass is 10.2. The first-order valence-corrected chi connectivity index (χ1v) is 5.52. The molecule has 1 N–H and O–H groups in total. The third kappa shape index (κ3) is 2.98. The van der Waals surface area contributed by atoms with Gasteiger partial charge in [0.05, 0.1) is 13.2 Å². The standard InChI is InChI=1S/C11H14BNO4/c14-11(13-5-7-16-8-6-13)9-1-3-10(4-2-9)17-12-15/h1-4,12,15H,5-8H2. The Kier molecular flexibility index (Phi) is 4.00. The normalized spacial score (nSPS) is 15.5. The van der Waals surface area contributed by atoms with E-state index < -0.39 is 0 Å². The van der Waals surface area contributed by atoms with Crippen LogP contribution in [0.3, 0.4) is 0 Å². The number of nitrogens with zero attached hydrogens (tertiary/aromatic N) is 1. The topological polar surface area (TPSA) is 59.0 Å². The lowest BCUT2D eigenvalue weighted by Crippen LogP contribution is -2.40. The number of amides is 1. The van der Waals surface area contributed by atoms with Gasteiger partial charge in [-0.2, -0.15) is 0 Å². The van der Waals surface area contributed by atoms with Crippen molar-refractivity contribution in [3.05, 3.63) is 29.8 Å². The Labute approximate surface area is 100 Å². The molecule has 1 saturated heterocycles. The van der Waals surface area contributed by atoms with Crippen LogP contribution in [-0.4, -0.2) is 49.8 Å². The fraction of sp³-hybridized carbons (Fsp3) is 0.364. The van der Waals surface area contributed by atoms with E-state index in [4.69, 9.17) is 14.4 Å². The second-order valence-electron chi connectivity index (χ2n) is 3.70. The molecule has 1 fully saturated rings. The monoisotopic (exact) mass is 235 g/mol. The first-order chi connectivity index (χ1) is 8.31. The zero-order chi connectivity index (χ0) is 12.1. The fourth-order valence-corrected chi connectivity index (χ4v) is 1.72. The second-order valence-corrected chi connectivity index (χ2v) is 3.70. The van der Waals surface area contributed by atoms with E-state index in [1.165, 1.54) is 0 Å². The van der Waals surface area contributed by atoms with Crippen LogP contribution in [0.15, 0.2) is 24.3 Å². The highest BCUT2D eigenvalue weighted by Gasteiger charge is 2.18. The van der Waals surface area contributed by atoms with Crippen LogP contribution in [-0.2, 0) is 4.74 Å².